The molecule has 3 aromatic rings. The lowest BCUT2D eigenvalue weighted by Gasteiger charge is -2.09. The van der Waals surface area contributed by atoms with Crippen molar-refractivity contribution < 1.29 is 13.9 Å². The van der Waals surface area contributed by atoms with Crippen molar-refractivity contribution in [2.75, 3.05) is 0 Å². The van der Waals surface area contributed by atoms with Crippen molar-refractivity contribution >= 4 is 46.2 Å². The number of nitrogens with one attached hydrogen (secondary N) is 1. The molecule has 0 spiro atoms. The number of amides is 1. The molecule has 0 unspecified atom stereocenters. The maximum atomic E-state index is 13.9. The number of aliphatic imine (C=N–C) groups is 1. The molecule has 4 rings (SSSR count). The number of para-hydroxylation sites is 1. The van der Waals surface area contributed by atoms with Crippen LogP contribution >= 0.6 is 23.4 Å². The van der Waals surface area contributed by atoms with E-state index in [4.69, 9.17) is 16.3 Å². The second kappa shape index (κ2) is 9.15. The summed E-state index contributed by atoms with van der Waals surface area (Å²) >= 11 is 7.31. The Labute approximate surface area is 182 Å². The van der Waals surface area contributed by atoms with E-state index in [0.717, 1.165) is 11.3 Å². The van der Waals surface area contributed by atoms with Gasteiger partial charge in [0.2, 0.25) is 0 Å². The summed E-state index contributed by atoms with van der Waals surface area (Å²) in [7, 11) is 0. The van der Waals surface area contributed by atoms with Crippen LogP contribution in [0, 0.1) is 5.82 Å². The molecule has 1 heterocycles. The summed E-state index contributed by atoms with van der Waals surface area (Å²) in [6.45, 7) is 0.00858. The first-order valence-electron chi connectivity index (χ1n) is 9.09. The quantitative estimate of drug-likeness (QED) is 0.501. The van der Waals surface area contributed by atoms with Crippen LogP contribution in [0.4, 0.5) is 10.1 Å². The first kappa shape index (κ1) is 20.2. The van der Waals surface area contributed by atoms with E-state index in [2.05, 4.69) is 10.3 Å². The Hall–Kier alpha value is -3.09. The predicted octanol–water partition coefficient (Wildman–Crippen LogP) is 5.95. The van der Waals surface area contributed by atoms with Crippen molar-refractivity contribution in [1.29, 1.82) is 0 Å². The summed E-state index contributed by atoms with van der Waals surface area (Å²) in [6, 6.07) is 21.1. The van der Waals surface area contributed by atoms with Crippen molar-refractivity contribution in [3.05, 3.63) is 99.7 Å². The molecule has 4 nitrogen and oxygen atoms in total. The molecule has 0 saturated carbocycles. The van der Waals surface area contributed by atoms with E-state index in [1.54, 1.807) is 36.4 Å². The van der Waals surface area contributed by atoms with Gasteiger partial charge in [-0.25, -0.2) is 9.38 Å². The smallest absolute Gasteiger partial charge is 0.264 e. The molecule has 0 aromatic heterocycles. The summed E-state index contributed by atoms with van der Waals surface area (Å²) in [5, 5.41) is 3.61. The fraction of sp³-hybridized carbons (Fsp3) is 0.0435. The van der Waals surface area contributed by atoms with E-state index in [9.17, 15) is 9.18 Å². The number of rotatable bonds is 5. The Bertz CT molecular complexity index is 1130. The van der Waals surface area contributed by atoms with Crippen LogP contribution in [0.25, 0.3) is 6.08 Å². The summed E-state index contributed by atoms with van der Waals surface area (Å²) in [5.74, 6) is -0.0746. The lowest BCUT2D eigenvalue weighted by Crippen LogP contribution is -2.19. The number of hydrogen-bond acceptors (Lipinski definition) is 4. The van der Waals surface area contributed by atoms with Crippen LogP contribution in [0.3, 0.4) is 0 Å². The van der Waals surface area contributed by atoms with E-state index in [0.29, 0.717) is 26.4 Å². The molecule has 3 aromatic carbocycles. The lowest BCUT2D eigenvalue weighted by molar-refractivity contribution is -0.115. The third-order valence-corrected chi connectivity index (χ3v) is 5.50. The van der Waals surface area contributed by atoms with Gasteiger partial charge in [0, 0.05) is 5.56 Å². The summed E-state index contributed by atoms with van der Waals surface area (Å²) in [5.41, 5.74) is 1.85. The zero-order valence-corrected chi connectivity index (χ0v) is 17.2. The maximum absolute atomic E-state index is 13.9. The van der Waals surface area contributed by atoms with Crippen LogP contribution in [0.2, 0.25) is 5.02 Å². The number of hydrogen-bond donors (Lipinski definition) is 1. The first-order chi connectivity index (χ1) is 14.6. The number of nitrogens with zero attached hydrogens (tertiary/aromatic N) is 1. The van der Waals surface area contributed by atoms with Gasteiger partial charge in [0.05, 0.1) is 15.6 Å². The zero-order chi connectivity index (χ0) is 20.9. The number of halogens is 2. The minimum absolute atomic E-state index is 0.00858. The van der Waals surface area contributed by atoms with Gasteiger partial charge in [-0.3, -0.25) is 4.79 Å². The van der Waals surface area contributed by atoms with E-state index in [1.165, 1.54) is 17.8 Å². The molecule has 1 amide bonds. The number of thioether (sulfide) groups is 1. The summed E-state index contributed by atoms with van der Waals surface area (Å²) in [6.07, 6.45) is 1.76. The average Bonchev–Trinajstić information content (AvgIpc) is 3.07. The minimum Gasteiger partial charge on any atom is -0.489 e. The van der Waals surface area contributed by atoms with Gasteiger partial charge < -0.3 is 10.1 Å². The lowest BCUT2D eigenvalue weighted by atomic mass is 10.2. The molecule has 1 N–H and O–H groups in total. The predicted molar refractivity (Wildman–Crippen MR) is 119 cm³/mol. The van der Waals surface area contributed by atoms with Gasteiger partial charge >= 0.3 is 0 Å². The molecule has 1 aliphatic heterocycles. The standard InChI is InChI=1S/C23H16ClFN2O2S/c24-19-10-5-11-20(25)18(19)14-29-17-9-4-6-15(12-17)13-21-22(28)27-23(30-21)26-16-7-2-1-3-8-16/h1-13H,14H2,(H,26,27,28)/b21-13+. The minimum atomic E-state index is -0.412. The third-order valence-electron chi connectivity index (χ3n) is 4.24. The van der Waals surface area contributed by atoms with Gasteiger partial charge in [-0.2, -0.15) is 0 Å². The Kier molecular flexibility index (Phi) is 6.16. The zero-order valence-electron chi connectivity index (χ0n) is 15.6. The number of carbonyl (C=O) groups excluding carboxylic acids is 1. The molecule has 0 aliphatic carbocycles. The van der Waals surface area contributed by atoms with Crippen LogP contribution in [0.1, 0.15) is 11.1 Å². The second-order valence-corrected chi connectivity index (χ2v) is 7.82. The van der Waals surface area contributed by atoms with Crippen molar-refractivity contribution in [2.24, 2.45) is 4.99 Å². The fourth-order valence-corrected chi connectivity index (χ4v) is 3.83. The van der Waals surface area contributed by atoms with Crippen molar-refractivity contribution in [3.8, 4) is 5.75 Å². The summed E-state index contributed by atoms with van der Waals surface area (Å²) in [4.78, 5) is 17.2. The van der Waals surface area contributed by atoms with Crippen molar-refractivity contribution in [3.63, 3.8) is 0 Å². The molecule has 30 heavy (non-hydrogen) atoms. The Balaban J connectivity index is 1.48. The highest BCUT2D eigenvalue weighted by atomic mass is 35.5. The van der Waals surface area contributed by atoms with Crippen LogP contribution in [-0.4, -0.2) is 11.1 Å². The molecule has 7 heteroatoms. The van der Waals surface area contributed by atoms with Gasteiger partial charge in [0.1, 0.15) is 18.2 Å². The molecular weight excluding hydrogens is 423 g/mol. The topological polar surface area (TPSA) is 50.7 Å². The molecule has 150 valence electrons. The summed E-state index contributed by atoms with van der Waals surface area (Å²) < 4.78 is 19.6. The molecule has 1 fully saturated rings. The maximum Gasteiger partial charge on any atom is 0.264 e. The number of ether oxygens (including phenoxy) is 1. The number of benzene rings is 3. The van der Waals surface area contributed by atoms with E-state index < -0.39 is 5.82 Å². The van der Waals surface area contributed by atoms with Crippen LogP contribution in [-0.2, 0) is 11.4 Å². The van der Waals surface area contributed by atoms with E-state index in [-0.39, 0.29) is 12.5 Å². The third kappa shape index (κ3) is 4.90. The number of amidine groups is 1. The van der Waals surface area contributed by atoms with Crippen LogP contribution < -0.4 is 10.1 Å². The van der Waals surface area contributed by atoms with Crippen molar-refractivity contribution in [1.82, 2.24) is 5.32 Å². The van der Waals surface area contributed by atoms with E-state index >= 15 is 0 Å². The highest BCUT2D eigenvalue weighted by molar-refractivity contribution is 8.18. The monoisotopic (exact) mass is 438 g/mol. The molecule has 0 radical (unpaired) electrons. The van der Waals surface area contributed by atoms with E-state index in [1.807, 2.05) is 36.4 Å². The normalized spacial score (nSPS) is 16.1. The largest absolute Gasteiger partial charge is 0.489 e. The number of carbonyl (C=O) groups is 1. The Morgan fingerprint density at radius 1 is 1.07 bits per heavy atom. The molecule has 0 bridgehead atoms. The van der Waals surface area contributed by atoms with Gasteiger partial charge in [-0.1, -0.05) is 48.0 Å². The fourth-order valence-electron chi connectivity index (χ4n) is 2.77. The molecule has 0 atom stereocenters. The van der Waals surface area contributed by atoms with Gasteiger partial charge in [0.15, 0.2) is 5.17 Å². The van der Waals surface area contributed by atoms with Crippen molar-refractivity contribution in [2.45, 2.75) is 6.61 Å². The highest BCUT2D eigenvalue weighted by Gasteiger charge is 2.23. The first-order valence-corrected chi connectivity index (χ1v) is 10.3. The highest BCUT2D eigenvalue weighted by Crippen LogP contribution is 2.29. The Morgan fingerprint density at radius 2 is 1.87 bits per heavy atom. The Morgan fingerprint density at radius 3 is 2.67 bits per heavy atom. The SMILES string of the molecule is O=C1NC(=Nc2ccccc2)S/C1=C/c1cccc(OCc2c(F)cccc2Cl)c1. The van der Waals surface area contributed by atoms with Gasteiger partial charge in [-0.15, -0.1) is 0 Å². The molecular formula is C23H16ClFN2O2S. The second-order valence-electron chi connectivity index (χ2n) is 6.38. The van der Waals surface area contributed by atoms with Crippen LogP contribution in [0.15, 0.2) is 82.7 Å². The van der Waals surface area contributed by atoms with Gasteiger partial charge in [-0.05, 0) is 59.8 Å². The van der Waals surface area contributed by atoms with Crippen LogP contribution in [0.5, 0.6) is 5.75 Å². The average molecular weight is 439 g/mol. The molecule has 1 saturated heterocycles. The molecule has 1 aliphatic rings. The van der Waals surface area contributed by atoms with Gasteiger partial charge in [0.25, 0.3) is 5.91 Å².